The summed E-state index contributed by atoms with van der Waals surface area (Å²) in [7, 11) is 0. The van der Waals surface area contributed by atoms with Crippen LogP contribution < -0.4 is 21.7 Å². The number of carbonyl (C=O) groups excluding carboxylic acids is 4. The second kappa shape index (κ2) is 12.7. The Balaban J connectivity index is 0.000000434. The smallest absolute Gasteiger partial charge is 0.872 e. The van der Waals surface area contributed by atoms with Gasteiger partial charge < -0.3 is 31.2 Å². The van der Waals surface area contributed by atoms with E-state index in [0.29, 0.717) is 0 Å². The van der Waals surface area contributed by atoms with Crippen molar-refractivity contribution in [3.8, 4) is 0 Å². The Kier molecular flexibility index (Phi) is 11.9. The van der Waals surface area contributed by atoms with E-state index >= 15 is 0 Å². The summed E-state index contributed by atoms with van der Waals surface area (Å²) in [6.07, 6.45) is 3.22. The largest absolute Gasteiger partial charge is 2.00 e. The predicted octanol–water partition coefficient (Wildman–Crippen LogP) is -1.52. The third kappa shape index (κ3) is 7.87. The van der Waals surface area contributed by atoms with Crippen LogP contribution in [0.15, 0.2) is 22.7 Å². The van der Waals surface area contributed by atoms with Crippen molar-refractivity contribution in [1.29, 1.82) is 0 Å². The molecule has 176 valence electrons. The van der Waals surface area contributed by atoms with E-state index in [1.54, 1.807) is 0 Å². The van der Waals surface area contributed by atoms with Crippen LogP contribution >= 0.6 is 0 Å². The minimum Gasteiger partial charge on any atom is -0.872 e. The van der Waals surface area contributed by atoms with Crippen molar-refractivity contribution in [3.05, 3.63) is 22.7 Å². The molecule has 10 nitrogen and oxygen atoms in total. The van der Waals surface area contributed by atoms with E-state index < -0.39 is 47.2 Å². The summed E-state index contributed by atoms with van der Waals surface area (Å²) >= 11 is 0. The number of esters is 2. The first-order valence-corrected chi connectivity index (χ1v) is 9.65. The standard InChI is InChI=1S/2C7H8O4.C6H14N2.Pt/c2*1-3(8)5-6(9)4(2)11-7(5)10;7-5-3-1-2-4-6(5)8;/h2*4,9H,1-2H3;5-6H,1-4,7-8H2;/q;;;+2/p-2/t2*4-;5-,6-;/m001./s1. The summed E-state index contributed by atoms with van der Waals surface area (Å²) in [5.41, 5.74) is 10.6. The van der Waals surface area contributed by atoms with Crippen LogP contribution in [0.2, 0.25) is 0 Å². The summed E-state index contributed by atoms with van der Waals surface area (Å²) in [4.78, 5) is 42.8. The van der Waals surface area contributed by atoms with Crippen molar-refractivity contribution < 1.29 is 59.9 Å². The van der Waals surface area contributed by atoms with Crippen LogP contribution in [0.5, 0.6) is 0 Å². The average Bonchev–Trinajstić information content (AvgIpc) is 3.05. The van der Waals surface area contributed by atoms with Gasteiger partial charge in [-0.3, -0.25) is 9.59 Å². The third-order valence-electron chi connectivity index (χ3n) is 4.79. The van der Waals surface area contributed by atoms with Gasteiger partial charge in [-0.2, -0.15) is 0 Å². The fourth-order valence-electron chi connectivity index (χ4n) is 2.98. The molecular formula is C20H28N2O8Pt. The van der Waals surface area contributed by atoms with Gasteiger partial charge in [0.25, 0.3) is 0 Å². The molecule has 2 aliphatic heterocycles. The number of rotatable bonds is 2. The average molecular weight is 620 g/mol. The number of carbonyl (C=O) groups is 4. The van der Waals surface area contributed by atoms with E-state index in [2.05, 4.69) is 9.47 Å². The van der Waals surface area contributed by atoms with Crippen molar-refractivity contribution in [3.63, 3.8) is 0 Å². The summed E-state index contributed by atoms with van der Waals surface area (Å²) in [5, 5.41) is 21.9. The van der Waals surface area contributed by atoms with E-state index in [1.165, 1.54) is 40.5 Å². The van der Waals surface area contributed by atoms with E-state index in [9.17, 15) is 29.4 Å². The zero-order valence-corrected chi connectivity index (χ0v) is 20.1. The molecule has 0 aromatic carbocycles. The van der Waals surface area contributed by atoms with Crippen LogP contribution in [-0.4, -0.2) is 47.8 Å². The van der Waals surface area contributed by atoms with Gasteiger partial charge in [-0.05, 0) is 40.5 Å². The Morgan fingerprint density at radius 2 is 1.10 bits per heavy atom. The zero-order valence-electron chi connectivity index (χ0n) is 17.9. The van der Waals surface area contributed by atoms with Gasteiger partial charge in [-0.15, -0.1) is 0 Å². The fourth-order valence-corrected chi connectivity index (χ4v) is 2.98. The van der Waals surface area contributed by atoms with Crippen molar-refractivity contribution >= 4 is 23.5 Å². The third-order valence-corrected chi connectivity index (χ3v) is 4.79. The van der Waals surface area contributed by atoms with Crippen molar-refractivity contribution in [2.45, 2.75) is 77.7 Å². The maximum absolute atomic E-state index is 11.0. The van der Waals surface area contributed by atoms with Crippen molar-refractivity contribution in [1.82, 2.24) is 0 Å². The molecule has 0 spiro atoms. The maximum Gasteiger partial charge on any atom is 2.00 e. The normalized spacial score (nSPS) is 27.2. The van der Waals surface area contributed by atoms with Gasteiger partial charge >= 0.3 is 33.0 Å². The molecule has 1 fully saturated rings. The Labute approximate surface area is 195 Å². The number of Topliss-reactive ketones (excluding diaryl/α,β-unsaturated/α-hetero) is 2. The monoisotopic (exact) mass is 619 g/mol. The number of ketones is 2. The number of hydrogen-bond acceptors (Lipinski definition) is 10. The Hall–Kier alpha value is -2.03. The molecule has 4 N–H and O–H groups in total. The van der Waals surface area contributed by atoms with Crippen LogP contribution in [0.3, 0.4) is 0 Å². The molecule has 0 bridgehead atoms. The first-order chi connectivity index (χ1) is 13.9. The van der Waals surface area contributed by atoms with Gasteiger partial charge in [0.2, 0.25) is 0 Å². The predicted molar refractivity (Wildman–Crippen MR) is 101 cm³/mol. The van der Waals surface area contributed by atoms with Gasteiger partial charge in [0.05, 0.1) is 11.1 Å². The molecule has 1 saturated carbocycles. The molecule has 3 rings (SSSR count). The summed E-state index contributed by atoms with van der Waals surface area (Å²) in [6.45, 7) is 5.23. The fraction of sp³-hybridized carbons (Fsp3) is 0.600. The molecule has 0 saturated heterocycles. The molecule has 2 heterocycles. The van der Waals surface area contributed by atoms with E-state index in [4.69, 9.17) is 11.5 Å². The molecule has 31 heavy (non-hydrogen) atoms. The molecule has 1 aliphatic carbocycles. The molecule has 3 aliphatic rings. The molecule has 4 atom stereocenters. The van der Waals surface area contributed by atoms with Crippen LogP contribution in [0.25, 0.3) is 0 Å². The minimum absolute atomic E-state index is 0. The Morgan fingerprint density at radius 3 is 1.23 bits per heavy atom. The first kappa shape index (κ1) is 29.0. The zero-order chi connectivity index (χ0) is 23.2. The summed E-state index contributed by atoms with van der Waals surface area (Å²) < 4.78 is 9.00. The quantitative estimate of drug-likeness (QED) is 0.272. The SMILES string of the molecule is CC(=O)C1=C([O-])[C@H](C)OC1=O.CC(=O)C1=C([O-])[C@H](C)OC1=O.N[C@@H]1CCCC[C@H]1N.[Pt+2]. The number of hydrogen-bond donors (Lipinski definition) is 2. The van der Waals surface area contributed by atoms with E-state index in [-0.39, 0.29) is 44.3 Å². The van der Waals surface area contributed by atoms with Gasteiger partial charge in [-0.25, -0.2) is 9.59 Å². The maximum atomic E-state index is 11.0. The second-order valence-corrected chi connectivity index (χ2v) is 7.30. The minimum atomic E-state index is -0.796. The van der Waals surface area contributed by atoms with Crippen LogP contribution in [0.4, 0.5) is 0 Å². The van der Waals surface area contributed by atoms with Crippen LogP contribution in [0.1, 0.15) is 53.4 Å². The van der Waals surface area contributed by atoms with Crippen molar-refractivity contribution in [2.75, 3.05) is 0 Å². The molecule has 0 aromatic heterocycles. The Bertz CT molecular complexity index is 713. The van der Waals surface area contributed by atoms with Gasteiger partial charge in [0.1, 0.15) is 12.2 Å². The first-order valence-electron chi connectivity index (χ1n) is 9.65. The summed E-state index contributed by atoms with van der Waals surface area (Å²) in [5.74, 6) is -3.66. The molecule has 0 amide bonds. The molecule has 11 heteroatoms. The van der Waals surface area contributed by atoms with Gasteiger partial charge in [0.15, 0.2) is 11.6 Å². The van der Waals surface area contributed by atoms with Crippen molar-refractivity contribution in [2.24, 2.45) is 11.5 Å². The van der Waals surface area contributed by atoms with Gasteiger partial charge in [-0.1, -0.05) is 24.4 Å². The number of nitrogens with two attached hydrogens (primary N) is 2. The topological polar surface area (TPSA) is 185 Å². The summed E-state index contributed by atoms with van der Waals surface area (Å²) in [6, 6.07) is 0.562. The molecule has 0 radical (unpaired) electrons. The van der Waals surface area contributed by atoms with Crippen LogP contribution in [0, 0.1) is 0 Å². The van der Waals surface area contributed by atoms with E-state index in [0.717, 1.165) is 12.8 Å². The second-order valence-electron chi connectivity index (χ2n) is 7.30. The molecule has 0 aromatic rings. The molecule has 0 unspecified atom stereocenters. The molecular weight excluding hydrogens is 591 g/mol. The van der Waals surface area contributed by atoms with Gasteiger partial charge in [0, 0.05) is 12.1 Å². The number of cyclic esters (lactones) is 2. The number of ether oxygens (including phenoxy) is 2. The Morgan fingerprint density at radius 1 is 0.806 bits per heavy atom. The van der Waals surface area contributed by atoms with E-state index in [1.807, 2.05) is 0 Å². The van der Waals surface area contributed by atoms with Crippen LogP contribution in [-0.2, 0) is 49.7 Å².